The number of hydrogen-bond acceptors (Lipinski definition) is 5. The number of carbonyl (C=O) groups is 1. The van der Waals surface area contributed by atoms with E-state index in [4.69, 9.17) is 0 Å². The Labute approximate surface area is 118 Å². The van der Waals surface area contributed by atoms with Crippen molar-refractivity contribution in [3.63, 3.8) is 0 Å². The SMILES string of the molecule is CC(=O)n1c(O)c(C=C2C=Nc3ccccc32)sc1=O. The van der Waals surface area contributed by atoms with Crippen LogP contribution in [-0.2, 0) is 0 Å². The van der Waals surface area contributed by atoms with E-state index in [1.165, 1.54) is 6.92 Å². The van der Waals surface area contributed by atoms with E-state index in [1.54, 1.807) is 12.3 Å². The Balaban J connectivity index is 2.12. The zero-order valence-corrected chi connectivity index (χ0v) is 11.3. The molecule has 100 valence electrons. The summed E-state index contributed by atoms with van der Waals surface area (Å²) < 4.78 is 0.759. The lowest BCUT2D eigenvalue weighted by Crippen LogP contribution is -2.17. The van der Waals surface area contributed by atoms with Crippen LogP contribution in [0.25, 0.3) is 11.6 Å². The molecular weight excluding hydrogens is 276 g/mol. The van der Waals surface area contributed by atoms with Gasteiger partial charge in [0.05, 0.1) is 10.6 Å². The van der Waals surface area contributed by atoms with Crippen LogP contribution in [0, 0.1) is 0 Å². The molecule has 1 aliphatic rings. The standard InChI is InChI=1S/C14H10N2O3S/c1-8(17)16-13(18)12(20-14(16)19)6-9-7-15-11-5-3-2-4-10(9)11/h2-7,18H,1H3. The van der Waals surface area contributed by atoms with Crippen LogP contribution in [0.2, 0.25) is 0 Å². The molecule has 3 rings (SSSR count). The van der Waals surface area contributed by atoms with Crippen LogP contribution in [0.5, 0.6) is 5.88 Å². The lowest BCUT2D eigenvalue weighted by atomic mass is 10.1. The number of para-hydroxylation sites is 1. The number of benzene rings is 1. The summed E-state index contributed by atoms with van der Waals surface area (Å²) in [5.41, 5.74) is 2.58. The molecule has 20 heavy (non-hydrogen) atoms. The predicted molar refractivity (Wildman–Crippen MR) is 79.0 cm³/mol. The Morgan fingerprint density at radius 2 is 2.15 bits per heavy atom. The number of rotatable bonds is 1. The van der Waals surface area contributed by atoms with Gasteiger partial charge < -0.3 is 5.11 Å². The van der Waals surface area contributed by atoms with Crippen molar-refractivity contribution >= 4 is 40.8 Å². The second-order valence-electron chi connectivity index (χ2n) is 4.29. The number of aromatic nitrogens is 1. The fourth-order valence-corrected chi connectivity index (χ4v) is 2.91. The van der Waals surface area contributed by atoms with Gasteiger partial charge in [0.15, 0.2) is 0 Å². The molecule has 0 atom stereocenters. The largest absolute Gasteiger partial charge is 0.493 e. The van der Waals surface area contributed by atoms with Gasteiger partial charge in [0.2, 0.25) is 11.8 Å². The summed E-state index contributed by atoms with van der Waals surface area (Å²) >= 11 is 0.829. The molecule has 1 aromatic carbocycles. The van der Waals surface area contributed by atoms with Crippen molar-refractivity contribution in [3.05, 3.63) is 44.4 Å². The molecule has 0 aliphatic carbocycles. The molecule has 1 aromatic heterocycles. The maximum atomic E-state index is 11.7. The van der Waals surface area contributed by atoms with Crippen LogP contribution in [0.15, 0.2) is 34.1 Å². The van der Waals surface area contributed by atoms with E-state index in [9.17, 15) is 14.7 Å². The minimum absolute atomic E-state index is 0.321. The Morgan fingerprint density at radius 3 is 2.85 bits per heavy atom. The first-order valence-electron chi connectivity index (χ1n) is 5.89. The molecule has 6 heteroatoms. The number of allylic oxidation sites excluding steroid dienone is 1. The lowest BCUT2D eigenvalue weighted by Gasteiger charge is -1.99. The normalized spacial score (nSPS) is 14.8. The molecule has 1 aliphatic heterocycles. The highest BCUT2D eigenvalue weighted by molar-refractivity contribution is 7.10. The number of nitrogens with zero attached hydrogens (tertiary/aromatic N) is 2. The third-order valence-corrected chi connectivity index (χ3v) is 3.85. The van der Waals surface area contributed by atoms with Gasteiger partial charge in [-0.15, -0.1) is 0 Å². The Hall–Kier alpha value is -2.47. The molecule has 0 bridgehead atoms. The van der Waals surface area contributed by atoms with Crippen molar-refractivity contribution in [2.24, 2.45) is 4.99 Å². The molecule has 0 unspecified atom stereocenters. The fraction of sp³-hybridized carbons (Fsp3) is 0.0714. The number of hydrogen-bond donors (Lipinski definition) is 1. The quantitative estimate of drug-likeness (QED) is 0.875. The van der Waals surface area contributed by atoms with Crippen molar-refractivity contribution in [1.82, 2.24) is 4.57 Å². The molecule has 0 spiro atoms. The van der Waals surface area contributed by atoms with E-state index < -0.39 is 10.8 Å². The first kappa shape index (κ1) is 12.6. The Bertz CT molecular complexity index is 827. The highest BCUT2D eigenvalue weighted by Gasteiger charge is 2.17. The van der Waals surface area contributed by atoms with Crippen molar-refractivity contribution in [1.29, 1.82) is 0 Å². The van der Waals surface area contributed by atoms with Crippen molar-refractivity contribution in [2.45, 2.75) is 6.92 Å². The number of thiazole rings is 1. The average Bonchev–Trinajstić information content (AvgIpc) is 2.93. The van der Waals surface area contributed by atoms with Crippen molar-refractivity contribution in [2.75, 3.05) is 0 Å². The van der Waals surface area contributed by atoms with Gasteiger partial charge in [0.1, 0.15) is 0 Å². The van der Waals surface area contributed by atoms with Gasteiger partial charge in [-0.05, 0) is 12.1 Å². The average molecular weight is 286 g/mol. The van der Waals surface area contributed by atoms with Crippen LogP contribution in [0.3, 0.4) is 0 Å². The highest BCUT2D eigenvalue weighted by atomic mass is 32.1. The lowest BCUT2D eigenvalue weighted by molar-refractivity contribution is 0.0925. The molecule has 0 fully saturated rings. The van der Waals surface area contributed by atoms with Crippen LogP contribution >= 0.6 is 11.3 Å². The molecule has 0 radical (unpaired) electrons. The molecule has 0 saturated carbocycles. The number of aliphatic imine (C=N–C) groups is 1. The van der Waals surface area contributed by atoms with Crippen molar-refractivity contribution < 1.29 is 9.90 Å². The van der Waals surface area contributed by atoms with Crippen LogP contribution in [0.4, 0.5) is 5.69 Å². The minimum Gasteiger partial charge on any atom is -0.493 e. The highest BCUT2D eigenvalue weighted by Crippen LogP contribution is 2.34. The van der Waals surface area contributed by atoms with E-state index in [0.717, 1.165) is 32.7 Å². The molecule has 0 saturated heterocycles. The van der Waals surface area contributed by atoms with Crippen LogP contribution in [-0.4, -0.2) is 21.8 Å². The van der Waals surface area contributed by atoms with E-state index in [1.807, 2.05) is 24.3 Å². The van der Waals surface area contributed by atoms with E-state index in [2.05, 4.69) is 4.99 Å². The summed E-state index contributed by atoms with van der Waals surface area (Å²) in [6.07, 6.45) is 3.34. The fourth-order valence-electron chi connectivity index (χ4n) is 2.05. The zero-order chi connectivity index (χ0) is 14.3. The maximum absolute atomic E-state index is 11.7. The third kappa shape index (κ3) is 1.90. The molecule has 1 N–H and O–H groups in total. The first-order valence-corrected chi connectivity index (χ1v) is 6.70. The van der Waals surface area contributed by atoms with E-state index >= 15 is 0 Å². The summed E-state index contributed by atoms with van der Waals surface area (Å²) in [5, 5.41) is 9.95. The van der Waals surface area contributed by atoms with Crippen molar-refractivity contribution in [3.8, 4) is 5.88 Å². The Morgan fingerprint density at radius 1 is 1.40 bits per heavy atom. The van der Waals surface area contributed by atoms with Gasteiger partial charge in [-0.1, -0.05) is 29.5 Å². The maximum Gasteiger partial charge on any atom is 0.317 e. The number of fused-ring (bicyclic) bond motifs is 1. The smallest absolute Gasteiger partial charge is 0.317 e. The second kappa shape index (κ2) is 4.57. The van der Waals surface area contributed by atoms with Gasteiger partial charge in [-0.25, -0.2) is 4.57 Å². The monoisotopic (exact) mass is 286 g/mol. The van der Waals surface area contributed by atoms with Gasteiger partial charge in [0.25, 0.3) is 0 Å². The topological polar surface area (TPSA) is 71.7 Å². The number of carbonyl (C=O) groups excluding carboxylic acids is 1. The van der Waals surface area contributed by atoms with E-state index in [0.29, 0.717) is 4.88 Å². The Kier molecular flexibility index (Phi) is 2.87. The molecule has 5 nitrogen and oxygen atoms in total. The third-order valence-electron chi connectivity index (χ3n) is 2.97. The van der Waals surface area contributed by atoms with E-state index in [-0.39, 0.29) is 5.88 Å². The first-order chi connectivity index (χ1) is 9.58. The van der Waals surface area contributed by atoms with Gasteiger partial charge in [0, 0.05) is 24.3 Å². The molecule has 0 amide bonds. The minimum atomic E-state index is -0.506. The summed E-state index contributed by atoms with van der Waals surface area (Å²) in [7, 11) is 0. The summed E-state index contributed by atoms with van der Waals surface area (Å²) in [5.74, 6) is -0.827. The second-order valence-corrected chi connectivity index (χ2v) is 5.28. The van der Waals surface area contributed by atoms with Crippen LogP contribution < -0.4 is 4.87 Å². The summed E-state index contributed by atoms with van der Waals surface area (Å²) in [6, 6.07) is 7.58. The predicted octanol–water partition coefficient (Wildman–Crippen LogP) is 2.53. The molecule has 2 aromatic rings. The van der Waals surface area contributed by atoms with Gasteiger partial charge in [-0.3, -0.25) is 14.6 Å². The summed E-state index contributed by atoms with van der Waals surface area (Å²) in [4.78, 5) is 27.1. The van der Waals surface area contributed by atoms with Gasteiger partial charge >= 0.3 is 4.87 Å². The zero-order valence-electron chi connectivity index (χ0n) is 10.5. The van der Waals surface area contributed by atoms with Crippen LogP contribution in [0.1, 0.15) is 22.2 Å². The number of aromatic hydroxyl groups is 1. The summed E-state index contributed by atoms with van der Waals surface area (Å²) in [6.45, 7) is 1.23. The molecule has 2 heterocycles. The molecular formula is C14H10N2O3S. The van der Waals surface area contributed by atoms with Gasteiger partial charge in [-0.2, -0.15) is 0 Å².